The van der Waals surface area contributed by atoms with Gasteiger partial charge in [-0.1, -0.05) is 12.2 Å². The van der Waals surface area contributed by atoms with Crippen LogP contribution in [0.4, 0.5) is 0 Å². The molecule has 138 valence electrons. The van der Waals surface area contributed by atoms with E-state index in [1.54, 1.807) is 18.3 Å². The van der Waals surface area contributed by atoms with E-state index in [0.29, 0.717) is 24.3 Å². The third-order valence-electron chi connectivity index (χ3n) is 3.78. The number of benzene rings is 1. The average molecular weight is 356 g/mol. The smallest absolute Gasteiger partial charge is 0.219 e. The van der Waals surface area contributed by atoms with Crippen molar-refractivity contribution in [3.05, 3.63) is 47.7 Å². The van der Waals surface area contributed by atoms with Gasteiger partial charge in [-0.15, -0.1) is 0 Å². The Hall–Kier alpha value is -2.86. The van der Waals surface area contributed by atoms with Gasteiger partial charge in [0.1, 0.15) is 12.0 Å². The molecule has 0 spiro atoms. The van der Waals surface area contributed by atoms with Crippen molar-refractivity contribution < 1.29 is 19.4 Å². The van der Waals surface area contributed by atoms with E-state index < -0.39 is 0 Å². The largest absolute Gasteiger partial charge is 0.504 e. The highest BCUT2D eigenvalue weighted by Gasteiger charge is 2.17. The number of ether oxygens (including phenoxy) is 2. The number of hydrogen-bond donors (Lipinski definition) is 2. The number of nitrogens with one attached hydrogen (secondary N) is 1. The molecule has 3 rings (SSSR count). The molecule has 0 saturated carbocycles. The van der Waals surface area contributed by atoms with E-state index in [1.807, 2.05) is 25.3 Å². The van der Waals surface area contributed by atoms with E-state index in [9.17, 15) is 5.11 Å². The Morgan fingerprint density at radius 2 is 2.15 bits per heavy atom. The van der Waals surface area contributed by atoms with Gasteiger partial charge in [-0.05, 0) is 38.6 Å². The molecule has 0 fully saturated rings. The highest BCUT2D eigenvalue weighted by molar-refractivity contribution is 5.53. The number of fused-ring (bicyclic) bond motifs is 1. The lowest BCUT2D eigenvalue weighted by Gasteiger charge is -2.09. The summed E-state index contributed by atoms with van der Waals surface area (Å²) in [7, 11) is 1.92. The number of aromatic nitrogens is 1. The lowest BCUT2D eigenvalue weighted by atomic mass is 10.1. The molecule has 1 aromatic heterocycles. The second-order valence-corrected chi connectivity index (χ2v) is 5.73. The fraction of sp³-hybridized carbons (Fsp3) is 0.300. The number of carbonyl (C=O) groups is 1. The highest BCUT2D eigenvalue weighted by Crippen LogP contribution is 2.38. The highest BCUT2D eigenvalue weighted by atomic mass is 16.5. The zero-order valence-electron chi connectivity index (χ0n) is 15.2. The quantitative estimate of drug-likeness (QED) is 0.800. The third kappa shape index (κ3) is 5.32. The first-order chi connectivity index (χ1) is 12.6. The van der Waals surface area contributed by atoms with Gasteiger partial charge in [0.2, 0.25) is 5.88 Å². The summed E-state index contributed by atoms with van der Waals surface area (Å²) in [6, 6.07) is 7.41. The molecule has 6 nitrogen and oxygen atoms in total. The molecule has 0 aliphatic carbocycles. The fourth-order valence-corrected chi connectivity index (χ4v) is 2.29. The van der Waals surface area contributed by atoms with Crippen LogP contribution in [0, 0.1) is 0 Å². The van der Waals surface area contributed by atoms with Crippen LogP contribution in [0.2, 0.25) is 0 Å². The van der Waals surface area contributed by atoms with Crippen molar-refractivity contribution >= 4 is 12.4 Å². The van der Waals surface area contributed by atoms with Gasteiger partial charge >= 0.3 is 0 Å². The third-order valence-corrected chi connectivity index (χ3v) is 3.78. The molecular formula is C20H24N2O4. The number of likely N-dealkylation sites (N-methyl/N-ethyl adjacent to an activating group) is 1. The maximum atomic E-state index is 10.0. The van der Waals surface area contributed by atoms with Crippen molar-refractivity contribution in [2.75, 3.05) is 13.7 Å². The molecule has 1 aliphatic rings. The van der Waals surface area contributed by atoms with Crippen LogP contribution in [0.25, 0.3) is 6.08 Å². The Morgan fingerprint density at radius 3 is 2.81 bits per heavy atom. The first-order valence-electron chi connectivity index (χ1n) is 8.45. The van der Waals surface area contributed by atoms with E-state index in [4.69, 9.17) is 14.3 Å². The van der Waals surface area contributed by atoms with Crippen LogP contribution in [-0.4, -0.2) is 36.1 Å². The fourth-order valence-electron chi connectivity index (χ4n) is 2.29. The summed E-state index contributed by atoms with van der Waals surface area (Å²) in [5.74, 6) is 1.62. The van der Waals surface area contributed by atoms with Crippen molar-refractivity contribution in [3.8, 4) is 23.1 Å². The molecule has 2 aromatic rings. The molecule has 1 aliphatic heterocycles. The van der Waals surface area contributed by atoms with E-state index >= 15 is 0 Å². The van der Waals surface area contributed by atoms with Crippen LogP contribution in [0.15, 0.2) is 36.5 Å². The van der Waals surface area contributed by atoms with Gasteiger partial charge in [-0.25, -0.2) is 4.98 Å². The van der Waals surface area contributed by atoms with Gasteiger partial charge < -0.3 is 24.7 Å². The van der Waals surface area contributed by atoms with Crippen LogP contribution in [-0.2, 0) is 11.2 Å². The average Bonchev–Trinajstić information content (AvgIpc) is 3.09. The number of phenols is 1. The Bertz CT molecular complexity index is 757. The van der Waals surface area contributed by atoms with E-state index in [1.165, 1.54) is 6.92 Å². The minimum absolute atomic E-state index is 0.0549. The summed E-state index contributed by atoms with van der Waals surface area (Å²) < 4.78 is 11.1. The maximum Gasteiger partial charge on any atom is 0.219 e. The predicted molar refractivity (Wildman–Crippen MR) is 101 cm³/mol. The Morgan fingerprint density at radius 1 is 1.38 bits per heavy atom. The van der Waals surface area contributed by atoms with Gasteiger partial charge in [0.15, 0.2) is 11.5 Å². The van der Waals surface area contributed by atoms with Crippen molar-refractivity contribution in [2.45, 2.75) is 26.3 Å². The van der Waals surface area contributed by atoms with Gasteiger partial charge in [0, 0.05) is 36.4 Å². The van der Waals surface area contributed by atoms with Crippen molar-refractivity contribution in [2.24, 2.45) is 0 Å². The second kappa shape index (κ2) is 9.58. The van der Waals surface area contributed by atoms with Crippen molar-refractivity contribution in [3.63, 3.8) is 0 Å². The van der Waals surface area contributed by atoms with Crippen LogP contribution in [0.1, 0.15) is 25.0 Å². The first-order valence-corrected chi connectivity index (χ1v) is 8.45. The predicted octanol–water partition coefficient (Wildman–Crippen LogP) is 3.34. The number of aldehydes is 1. The zero-order chi connectivity index (χ0) is 18.9. The molecule has 26 heavy (non-hydrogen) atoms. The second-order valence-electron chi connectivity index (χ2n) is 5.73. The number of nitrogens with zero attached hydrogens (tertiary/aromatic N) is 1. The van der Waals surface area contributed by atoms with Gasteiger partial charge in [-0.2, -0.15) is 0 Å². The van der Waals surface area contributed by atoms with Gasteiger partial charge in [0.25, 0.3) is 0 Å². The van der Waals surface area contributed by atoms with Crippen LogP contribution in [0.5, 0.6) is 23.1 Å². The molecule has 0 saturated heterocycles. The van der Waals surface area contributed by atoms with E-state index in [0.717, 1.165) is 29.6 Å². The summed E-state index contributed by atoms with van der Waals surface area (Å²) >= 11 is 0. The molecule has 0 amide bonds. The topological polar surface area (TPSA) is 80.7 Å². The molecule has 0 bridgehead atoms. The number of carbonyl (C=O) groups excluding carboxylic acids is 1. The monoisotopic (exact) mass is 356 g/mol. The molecule has 0 radical (unpaired) electrons. The first kappa shape index (κ1) is 19.5. The van der Waals surface area contributed by atoms with E-state index in [-0.39, 0.29) is 5.75 Å². The number of rotatable bonds is 5. The normalized spacial score (nSPS) is 13.3. The van der Waals surface area contributed by atoms with Gasteiger partial charge in [-0.3, -0.25) is 0 Å². The molecular weight excluding hydrogens is 332 g/mol. The van der Waals surface area contributed by atoms with Gasteiger partial charge in [0.05, 0.1) is 6.61 Å². The molecule has 1 atom stereocenters. The van der Waals surface area contributed by atoms with Crippen LogP contribution >= 0.6 is 0 Å². The molecule has 1 aromatic carbocycles. The summed E-state index contributed by atoms with van der Waals surface area (Å²) in [6.45, 7) is 4.16. The summed E-state index contributed by atoms with van der Waals surface area (Å²) in [5.41, 5.74) is 2.03. The molecule has 0 unspecified atom stereocenters. The Balaban J connectivity index is 0.000000758. The van der Waals surface area contributed by atoms with Crippen molar-refractivity contribution in [1.82, 2.24) is 10.3 Å². The number of phenolic OH excluding ortho intramolecular Hbond substituents is 1. The lowest BCUT2D eigenvalue weighted by molar-refractivity contribution is -0.106. The summed E-state index contributed by atoms with van der Waals surface area (Å²) in [5, 5.41) is 13.1. The van der Waals surface area contributed by atoms with Crippen LogP contribution in [0.3, 0.4) is 0 Å². The van der Waals surface area contributed by atoms with Crippen molar-refractivity contribution in [1.29, 1.82) is 0 Å². The standard InChI is InChI=1S/C18H20N2O3.C2H4O/c1-12(19-2)3-4-13-5-6-18(20-11-13)23-17-9-14-7-8-22-16(14)10-15(17)21;1-2-3/h3-6,9-12,19,21H,7-8H2,1-2H3;2H,1H3/b4-3+;/t12-;/m0./s1. The Labute approximate surface area is 153 Å². The molecule has 6 heteroatoms. The zero-order valence-corrected chi connectivity index (χ0v) is 15.2. The maximum absolute atomic E-state index is 10.0. The number of hydrogen-bond acceptors (Lipinski definition) is 6. The molecule has 2 N–H and O–H groups in total. The number of pyridine rings is 1. The minimum atomic E-state index is 0.0549. The summed E-state index contributed by atoms with van der Waals surface area (Å²) in [6.07, 6.45) is 7.38. The lowest BCUT2D eigenvalue weighted by Crippen LogP contribution is -2.17. The molecule has 2 heterocycles. The van der Waals surface area contributed by atoms with E-state index in [2.05, 4.69) is 23.3 Å². The Kier molecular flexibility index (Phi) is 7.17. The SMILES string of the molecule is CC=O.CN[C@@H](C)/C=C/c1ccc(Oc2cc3c(cc2O)OCC3)nc1. The summed E-state index contributed by atoms with van der Waals surface area (Å²) in [4.78, 5) is 13.1. The van der Waals surface area contributed by atoms with Crippen LogP contribution < -0.4 is 14.8 Å². The minimum Gasteiger partial charge on any atom is -0.504 e. The number of aromatic hydroxyl groups is 1.